The van der Waals surface area contributed by atoms with Crippen molar-refractivity contribution < 1.29 is 0 Å². The molecule has 98 valence electrons. The Kier molecular flexibility index (Phi) is 5.01. The van der Waals surface area contributed by atoms with Crippen molar-refractivity contribution in [2.45, 2.75) is 32.7 Å². The van der Waals surface area contributed by atoms with E-state index in [0.717, 1.165) is 12.1 Å². The summed E-state index contributed by atoms with van der Waals surface area (Å²) in [4.78, 5) is 0. The number of anilines is 1. The zero-order valence-electron chi connectivity index (χ0n) is 11.1. The maximum Gasteiger partial charge on any atom is 0.101 e. The first-order valence-corrected chi connectivity index (χ1v) is 6.46. The average Bonchev–Trinajstić information content (AvgIpc) is 2.28. The third-order valence-electron chi connectivity index (χ3n) is 2.84. The summed E-state index contributed by atoms with van der Waals surface area (Å²) in [5.41, 5.74) is 7.07. The molecule has 0 saturated heterocycles. The van der Waals surface area contributed by atoms with Gasteiger partial charge in [-0.3, -0.25) is 0 Å². The predicted molar refractivity (Wildman–Crippen MR) is 76.7 cm³/mol. The Labute approximate surface area is 114 Å². The minimum atomic E-state index is -0.161. The molecule has 0 heterocycles. The van der Waals surface area contributed by atoms with Crippen LogP contribution in [-0.4, -0.2) is 12.1 Å². The van der Waals surface area contributed by atoms with Crippen LogP contribution in [0.4, 0.5) is 5.69 Å². The monoisotopic (exact) mass is 265 g/mol. The highest BCUT2D eigenvalue weighted by Gasteiger charge is 2.23. The van der Waals surface area contributed by atoms with Crippen LogP contribution in [0.3, 0.4) is 0 Å². The molecule has 1 unspecified atom stereocenters. The molecule has 0 fully saturated rings. The molecule has 0 spiro atoms. The molecule has 1 aromatic carbocycles. The summed E-state index contributed by atoms with van der Waals surface area (Å²) in [7, 11) is 0. The molecule has 18 heavy (non-hydrogen) atoms. The van der Waals surface area contributed by atoms with Gasteiger partial charge in [0.2, 0.25) is 0 Å². The van der Waals surface area contributed by atoms with Crippen LogP contribution in [0.15, 0.2) is 18.2 Å². The fraction of sp³-hybridized carbons (Fsp3) is 0.500. The first-order valence-electron chi connectivity index (χ1n) is 6.08. The predicted octanol–water partition coefficient (Wildman–Crippen LogP) is 3.39. The standard InChI is InChI=1S/C14H20ClN3/c1-10(2)7-14(3,9-17)18-12-5-4-11(8-16)13(15)6-12/h4-6,10,18H,7,9,17H2,1-3H3. The van der Waals surface area contributed by atoms with Gasteiger partial charge in [-0.05, 0) is 37.5 Å². The lowest BCUT2D eigenvalue weighted by Gasteiger charge is -2.32. The SMILES string of the molecule is CC(C)CC(C)(CN)Nc1ccc(C#N)c(Cl)c1. The highest BCUT2D eigenvalue weighted by atomic mass is 35.5. The maximum absolute atomic E-state index is 8.83. The van der Waals surface area contributed by atoms with E-state index in [2.05, 4.69) is 26.1 Å². The molecule has 0 aliphatic heterocycles. The first kappa shape index (κ1) is 14.8. The van der Waals surface area contributed by atoms with Crippen LogP contribution in [0.25, 0.3) is 0 Å². The Morgan fingerprint density at radius 2 is 2.17 bits per heavy atom. The number of nitrogens with one attached hydrogen (secondary N) is 1. The van der Waals surface area contributed by atoms with Crippen molar-refractivity contribution in [2.75, 3.05) is 11.9 Å². The second-order valence-electron chi connectivity index (χ2n) is 5.29. The molecule has 3 N–H and O–H groups in total. The van der Waals surface area contributed by atoms with Crippen LogP contribution in [0.5, 0.6) is 0 Å². The molecular formula is C14H20ClN3. The third kappa shape index (κ3) is 3.90. The Bertz CT molecular complexity index is 451. The Morgan fingerprint density at radius 3 is 2.61 bits per heavy atom. The lowest BCUT2D eigenvalue weighted by Crippen LogP contribution is -2.43. The van der Waals surface area contributed by atoms with Gasteiger partial charge in [0.05, 0.1) is 10.6 Å². The van der Waals surface area contributed by atoms with Gasteiger partial charge in [-0.25, -0.2) is 0 Å². The van der Waals surface area contributed by atoms with Gasteiger partial charge in [0.25, 0.3) is 0 Å². The fourth-order valence-electron chi connectivity index (χ4n) is 2.12. The quantitative estimate of drug-likeness (QED) is 0.858. The molecule has 0 bridgehead atoms. The van der Waals surface area contributed by atoms with E-state index in [1.54, 1.807) is 12.1 Å². The van der Waals surface area contributed by atoms with E-state index >= 15 is 0 Å². The first-order chi connectivity index (χ1) is 8.40. The minimum absolute atomic E-state index is 0.161. The number of hydrogen-bond acceptors (Lipinski definition) is 3. The van der Waals surface area contributed by atoms with Gasteiger partial charge in [0, 0.05) is 17.8 Å². The number of nitriles is 1. The summed E-state index contributed by atoms with van der Waals surface area (Å²) in [6, 6.07) is 7.40. The highest BCUT2D eigenvalue weighted by molar-refractivity contribution is 6.32. The number of hydrogen-bond donors (Lipinski definition) is 2. The zero-order chi connectivity index (χ0) is 13.8. The summed E-state index contributed by atoms with van der Waals surface area (Å²) >= 11 is 6.01. The molecule has 1 rings (SSSR count). The minimum Gasteiger partial charge on any atom is -0.379 e. The summed E-state index contributed by atoms with van der Waals surface area (Å²) in [6.45, 7) is 6.98. The second kappa shape index (κ2) is 6.08. The van der Waals surface area contributed by atoms with Crippen LogP contribution >= 0.6 is 11.6 Å². The normalized spacial score (nSPS) is 14.1. The molecule has 0 saturated carbocycles. The zero-order valence-corrected chi connectivity index (χ0v) is 11.9. The molecule has 0 aromatic heterocycles. The van der Waals surface area contributed by atoms with Crippen LogP contribution < -0.4 is 11.1 Å². The van der Waals surface area contributed by atoms with Crippen LogP contribution in [-0.2, 0) is 0 Å². The molecular weight excluding hydrogens is 246 g/mol. The van der Waals surface area contributed by atoms with Crippen molar-refractivity contribution in [2.24, 2.45) is 11.7 Å². The van der Waals surface area contributed by atoms with Crippen molar-refractivity contribution in [3.05, 3.63) is 28.8 Å². The van der Waals surface area contributed by atoms with Crippen molar-refractivity contribution in [1.29, 1.82) is 5.26 Å². The average molecular weight is 266 g/mol. The van der Waals surface area contributed by atoms with E-state index < -0.39 is 0 Å². The number of nitrogens with two attached hydrogens (primary N) is 1. The Morgan fingerprint density at radius 1 is 1.50 bits per heavy atom. The molecule has 1 aromatic rings. The fourth-order valence-corrected chi connectivity index (χ4v) is 2.34. The smallest absolute Gasteiger partial charge is 0.101 e. The molecule has 3 nitrogen and oxygen atoms in total. The van der Waals surface area contributed by atoms with Crippen molar-refractivity contribution in [1.82, 2.24) is 0 Å². The number of nitrogens with zero attached hydrogens (tertiary/aromatic N) is 1. The van der Waals surface area contributed by atoms with Crippen molar-refractivity contribution >= 4 is 17.3 Å². The maximum atomic E-state index is 8.83. The molecule has 0 aliphatic rings. The molecule has 1 atom stereocenters. The van der Waals surface area contributed by atoms with E-state index in [1.807, 2.05) is 12.1 Å². The van der Waals surface area contributed by atoms with Crippen molar-refractivity contribution in [3.8, 4) is 6.07 Å². The molecule has 0 amide bonds. The Hall–Kier alpha value is -1.24. The van der Waals surface area contributed by atoms with Gasteiger partial charge in [-0.2, -0.15) is 5.26 Å². The van der Waals surface area contributed by atoms with Gasteiger partial charge in [0.1, 0.15) is 6.07 Å². The van der Waals surface area contributed by atoms with E-state index in [9.17, 15) is 0 Å². The van der Waals surface area contributed by atoms with E-state index in [4.69, 9.17) is 22.6 Å². The molecule has 4 heteroatoms. The summed E-state index contributed by atoms with van der Waals surface area (Å²) in [6.07, 6.45) is 0.973. The third-order valence-corrected chi connectivity index (χ3v) is 3.16. The van der Waals surface area contributed by atoms with Crippen LogP contribution in [0, 0.1) is 17.2 Å². The summed E-state index contributed by atoms with van der Waals surface area (Å²) < 4.78 is 0. The lowest BCUT2D eigenvalue weighted by molar-refractivity contribution is 0.407. The van der Waals surface area contributed by atoms with E-state index in [0.29, 0.717) is 23.0 Å². The lowest BCUT2D eigenvalue weighted by atomic mass is 9.90. The molecule has 0 radical (unpaired) electrons. The summed E-state index contributed by atoms with van der Waals surface area (Å²) in [5.74, 6) is 0.555. The number of rotatable bonds is 5. The van der Waals surface area contributed by atoms with Gasteiger partial charge in [0.15, 0.2) is 0 Å². The van der Waals surface area contributed by atoms with Gasteiger partial charge >= 0.3 is 0 Å². The van der Waals surface area contributed by atoms with Gasteiger partial charge < -0.3 is 11.1 Å². The largest absolute Gasteiger partial charge is 0.379 e. The summed E-state index contributed by atoms with van der Waals surface area (Å²) in [5, 5.41) is 12.7. The number of halogens is 1. The molecule has 0 aliphatic carbocycles. The van der Waals surface area contributed by atoms with E-state index in [1.165, 1.54) is 0 Å². The van der Waals surface area contributed by atoms with Gasteiger partial charge in [-0.15, -0.1) is 0 Å². The highest BCUT2D eigenvalue weighted by Crippen LogP contribution is 2.25. The van der Waals surface area contributed by atoms with Crippen LogP contribution in [0.1, 0.15) is 32.8 Å². The van der Waals surface area contributed by atoms with E-state index in [-0.39, 0.29) is 5.54 Å². The van der Waals surface area contributed by atoms with Gasteiger partial charge in [-0.1, -0.05) is 25.4 Å². The van der Waals surface area contributed by atoms with Crippen molar-refractivity contribution in [3.63, 3.8) is 0 Å². The Balaban J connectivity index is 2.89. The topological polar surface area (TPSA) is 61.8 Å². The second-order valence-corrected chi connectivity index (χ2v) is 5.70. The van der Waals surface area contributed by atoms with Crippen LogP contribution in [0.2, 0.25) is 5.02 Å². The number of benzene rings is 1.